The lowest BCUT2D eigenvalue weighted by atomic mass is 10.1. The van der Waals surface area contributed by atoms with Crippen LogP contribution in [0, 0.1) is 0 Å². The zero-order valence-electron chi connectivity index (χ0n) is 7.03. The summed E-state index contributed by atoms with van der Waals surface area (Å²) >= 11 is 8.27. The first-order chi connectivity index (χ1) is 6.17. The molecule has 0 fully saturated rings. The van der Waals surface area contributed by atoms with Gasteiger partial charge >= 0.3 is 0 Å². The number of carbonyl (C=O) groups is 1. The lowest BCUT2D eigenvalue weighted by Gasteiger charge is -2.03. The molecule has 13 heavy (non-hydrogen) atoms. The molecule has 2 N–H and O–H groups in total. The van der Waals surface area contributed by atoms with Gasteiger partial charge in [-0.1, -0.05) is 6.07 Å². The van der Waals surface area contributed by atoms with Crippen molar-refractivity contribution in [3.05, 3.63) is 34.9 Å². The third-order valence-corrected chi connectivity index (χ3v) is 2.43. The number of amides is 1. The number of hydrogen-bond acceptors (Lipinski definition) is 3. The van der Waals surface area contributed by atoms with E-state index in [9.17, 15) is 4.79 Å². The highest BCUT2D eigenvalue weighted by Crippen LogP contribution is 2.13. The lowest BCUT2D eigenvalue weighted by molar-refractivity contribution is 0.1000. The van der Waals surface area contributed by atoms with Crippen LogP contribution in [-0.4, -0.2) is 5.91 Å². The van der Waals surface area contributed by atoms with Gasteiger partial charge in [0.25, 0.3) is 0 Å². The van der Waals surface area contributed by atoms with Crippen LogP contribution in [0.1, 0.15) is 21.5 Å². The second-order valence-electron chi connectivity index (χ2n) is 2.72. The molecule has 0 unspecified atom stereocenters. The van der Waals surface area contributed by atoms with Crippen molar-refractivity contribution in [3.8, 4) is 0 Å². The van der Waals surface area contributed by atoms with E-state index in [1.807, 2.05) is 6.07 Å². The monoisotopic (exact) mass is 213 g/mol. The molecular formula is C9H11NOS2. The Morgan fingerprint density at radius 2 is 1.62 bits per heavy atom. The molecule has 0 saturated carbocycles. The van der Waals surface area contributed by atoms with Gasteiger partial charge in [-0.25, -0.2) is 0 Å². The smallest absolute Gasteiger partial charge is 0.248 e. The van der Waals surface area contributed by atoms with Gasteiger partial charge in [-0.15, -0.1) is 0 Å². The highest BCUT2D eigenvalue weighted by Gasteiger charge is 2.03. The molecule has 0 heterocycles. The molecule has 70 valence electrons. The summed E-state index contributed by atoms with van der Waals surface area (Å²) in [4.78, 5) is 10.9. The number of benzene rings is 1. The predicted octanol–water partition coefficient (Wildman–Crippen LogP) is 1.65. The first-order valence-electron chi connectivity index (χ1n) is 3.81. The largest absolute Gasteiger partial charge is 0.366 e. The fraction of sp³-hybridized carbons (Fsp3) is 0.222. The van der Waals surface area contributed by atoms with E-state index in [4.69, 9.17) is 5.73 Å². The molecule has 4 heteroatoms. The summed E-state index contributed by atoms with van der Waals surface area (Å²) in [5.41, 5.74) is 7.67. The van der Waals surface area contributed by atoms with Crippen molar-refractivity contribution in [2.45, 2.75) is 11.5 Å². The van der Waals surface area contributed by atoms with Gasteiger partial charge < -0.3 is 5.73 Å². The Morgan fingerprint density at radius 1 is 1.15 bits per heavy atom. The van der Waals surface area contributed by atoms with Crippen LogP contribution in [-0.2, 0) is 11.5 Å². The average Bonchev–Trinajstić information content (AvgIpc) is 2.16. The normalized spacial score (nSPS) is 10.0. The van der Waals surface area contributed by atoms with Crippen LogP contribution in [0.5, 0.6) is 0 Å². The Hall–Kier alpha value is -0.610. The van der Waals surface area contributed by atoms with Crippen molar-refractivity contribution >= 4 is 31.2 Å². The van der Waals surface area contributed by atoms with Gasteiger partial charge in [0.2, 0.25) is 5.91 Å². The molecule has 1 amide bonds. The lowest BCUT2D eigenvalue weighted by Crippen LogP contribution is -2.11. The number of carbonyl (C=O) groups excluding carboxylic acids is 1. The molecule has 1 rings (SSSR count). The van der Waals surface area contributed by atoms with Gasteiger partial charge in [-0.2, -0.15) is 25.3 Å². The molecule has 1 aromatic carbocycles. The van der Waals surface area contributed by atoms with Crippen LogP contribution in [0.15, 0.2) is 18.2 Å². The zero-order valence-corrected chi connectivity index (χ0v) is 8.82. The molecule has 0 aliphatic carbocycles. The van der Waals surface area contributed by atoms with Crippen molar-refractivity contribution < 1.29 is 4.79 Å². The molecule has 0 aromatic heterocycles. The van der Waals surface area contributed by atoms with Crippen LogP contribution in [0.4, 0.5) is 0 Å². The van der Waals surface area contributed by atoms with E-state index in [0.717, 1.165) is 11.1 Å². The van der Waals surface area contributed by atoms with E-state index >= 15 is 0 Å². The van der Waals surface area contributed by atoms with Gasteiger partial charge in [0.05, 0.1) is 0 Å². The Balaban J connectivity index is 3.14. The fourth-order valence-corrected chi connectivity index (χ4v) is 1.45. The molecule has 0 aliphatic rings. The second kappa shape index (κ2) is 4.58. The summed E-state index contributed by atoms with van der Waals surface area (Å²) in [5.74, 6) is 0.788. The SMILES string of the molecule is NC(=O)c1cc(CS)cc(CS)c1. The maximum atomic E-state index is 10.9. The van der Waals surface area contributed by atoms with Crippen LogP contribution < -0.4 is 5.73 Å². The third-order valence-electron chi connectivity index (χ3n) is 1.70. The predicted molar refractivity (Wildman–Crippen MR) is 60.3 cm³/mol. The summed E-state index contributed by atoms with van der Waals surface area (Å²) < 4.78 is 0. The van der Waals surface area contributed by atoms with Crippen LogP contribution in [0.25, 0.3) is 0 Å². The first kappa shape index (κ1) is 10.5. The summed E-state index contributed by atoms with van der Waals surface area (Å²) in [7, 11) is 0. The topological polar surface area (TPSA) is 43.1 Å². The molecule has 2 nitrogen and oxygen atoms in total. The number of hydrogen-bond donors (Lipinski definition) is 3. The van der Waals surface area contributed by atoms with Gasteiger partial charge in [0, 0.05) is 17.1 Å². The number of thiol groups is 2. The zero-order chi connectivity index (χ0) is 9.84. The summed E-state index contributed by atoms with van der Waals surface area (Å²) in [6.07, 6.45) is 0. The fourth-order valence-electron chi connectivity index (χ4n) is 1.09. The van der Waals surface area contributed by atoms with Crippen LogP contribution in [0.2, 0.25) is 0 Å². The molecule has 1 aromatic rings. The Kier molecular flexibility index (Phi) is 3.69. The quantitative estimate of drug-likeness (QED) is 0.657. The Labute approximate surface area is 88.3 Å². The van der Waals surface area contributed by atoms with E-state index in [2.05, 4.69) is 25.3 Å². The summed E-state index contributed by atoms with van der Waals surface area (Å²) in [6, 6.07) is 5.47. The van der Waals surface area contributed by atoms with E-state index in [-0.39, 0.29) is 0 Å². The Bertz CT molecular complexity index is 303. The van der Waals surface area contributed by atoms with Crippen molar-refractivity contribution in [1.82, 2.24) is 0 Å². The third kappa shape index (κ3) is 2.67. The van der Waals surface area contributed by atoms with Crippen molar-refractivity contribution in [3.63, 3.8) is 0 Å². The molecule has 0 radical (unpaired) electrons. The van der Waals surface area contributed by atoms with Gasteiger partial charge in [0.1, 0.15) is 0 Å². The maximum Gasteiger partial charge on any atom is 0.248 e. The van der Waals surface area contributed by atoms with Crippen LogP contribution >= 0.6 is 25.3 Å². The highest BCUT2D eigenvalue weighted by atomic mass is 32.1. The summed E-state index contributed by atoms with van der Waals surface area (Å²) in [6.45, 7) is 0. The molecule has 0 aliphatic heterocycles. The van der Waals surface area contributed by atoms with Crippen LogP contribution in [0.3, 0.4) is 0 Å². The van der Waals surface area contributed by atoms with Gasteiger partial charge in [-0.3, -0.25) is 4.79 Å². The maximum absolute atomic E-state index is 10.9. The first-order valence-corrected chi connectivity index (χ1v) is 5.08. The molecule has 0 saturated heterocycles. The second-order valence-corrected chi connectivity index (χ2v) is 3.35. The van der Waals surface area contributed by atoms with E-state index < -0.39 is 5.91 Å². The van der Waals surface area contributed by atoms with Crippen molar-refractivity contribution in [2.75, 3.05) is 0 Å². The van der Waals surface area contributed by atoms with Crippen molar-refractivity contribution in [2.24, 2.45) is 5.73 Å². The summed E-state index contributed by atoms with van der Waals surface area (Å²) in [5, 5.41) is 0. The van der Waals surface area contributed by atoms with E-state index in [0.29, 0.717) is 17.1 Å². The standard InChI is InChI=1S/C9H11NOS2/c10-9(11)8-2-6(4-12)1-7(3-8)5-13/h1-3,12-13H,4-5H2,(H2,10,11). The number of rotatable bonds is 3. The van der Waals surface area contributed by atoms with Crippen molar-refractivity contribution in [1.29, 1.82) is 0 Å². The average molecular weight is 213 g/mol. The molecular weight excluding hydrogens is 202 g/mol. The highest BCUT2D eigenvalue weighted by molar-refractivity contribution is 7.79. The van der Waals surface area contributed by atoms with E-state index in [1.165, 1.54) is 0 Å². The Morgan fingerprint density at radius 3 is 1.92 bits per heavy atom. The number of primary amides is 1. The van der Waals surface area contributed by atoms with Gasteiger partial charge in [-0.05, 0) is 23.3 Å². The van der Waals surface area contributed by atoms with E-state index in [1.54, 1.807) is 12.1 Å². The molecule has 0 spiro atoms. The minimum Gasteiger partial charge on any atom is -0.366 e. The minimum absolute atomic E-state index is 0.410. The molecule has 0 bridgehead atoms. The minimum atomic E-state index is -0.410. The molecule has 0 atom stereocenters. The van der Waals surface area contributed by atoms with Gasteiger partial charge in [0.15, 0.2) is 0 Å². The number of nitrogens with two attached hydrogens (primary N) is 1.